The summed E-state index contributed by atoms with van der Waals surface area (Å²) < 4.78 is 4.92. The van der Waals surface area contributed by atoms with Gasteiger partial charge in [-0.1, -0.05) is 34.8 Å². The number of hydrogen-bond acceptors (Lipinski definition) is 3. The fraction of sp³-hybridized carbons (Fsp3) is 0. The summed E-state index contributed by atoms with van der Waals surface area (Å²) in [6.07, 6.45) is 0. The van der Waals surface area contributed by atoms with E-state index >= 15 is 0 Å². The van der Waals surface area contributed by atoms with Gasteiger partial charge in [0.2, 0.25) is 0 Å². The van der Waals surface area contributed by atoms with Gasteiger partial charge in [-0.15, -0.1) is 0 Å². The second-order valence-electron chi connectivity index (χ2n) is 4.30. The lowest BCUT2D eigenvalue weighted by Gasteiger charge is -2.05. The molecule has 2 aromatic carbocycles. The van der Waals surface area contributed by atoms with Crippen LogP contribution in [0.25, 0.3) is 11.1 Å². The molecule has 1 aromatic heterocycles. The summed E-state index contributed by atoms with van der Waals surface area (Å²) in [6, 6.07) is 7.41. The molecule has 0 aliphatic heterocycles. The van der Waals surface area contributed by atoms with Crippen molar-refractivity contribution in [3.8, 4) is 0 Å². The fourth-order valence-corrected chi connectivity index (χ4v) is 2.49. The summed E-state index contributed by atoms with van der Waals surface area (Å²) >= 11 is 17.8. The molecule has 0 fully saturated rings. The van der Waals surface area contributed by atoms with E-state index < -0.39 is 5.76 Å². The number of halogens is 3. The van der Waals surface area contributed by atoms with Crippen LogP contribution in [-0.2, 0) is 0 Å². The molecule has 0 aliphatic rings. The van der Waals surface area contributed by atoms with E-state index in [1.165, 1.54) is 24.3 Å². The van der Waals surface area contributed by atoms with Crippen molar-refractivity contribution < 1.29 is 9.21 Å². The Morgan fingerprint density at radius 3 is 2.48 bits per heavy atom. The zero-order chi connectivity index (χ0) is 15.1. The SMILES string of the molecule is O=C(c1ccc(Cl)c(Cl)c1)c1cc2oc(=O)[nH]c2cc1Cl. The van der Waals surface area contributed by atoms with Crippen molar-refractivity contribution in [3.63, 3.8) is 0 Å². The van der Waals surface area contributed by atoms with Crippen LogP contribution in [0, 0.1) is 0 Å². The molecule has 0 saturated heterocycles. The molecule has 0 atom stereocenters. The Labute approximate surface area is 133 Å². The van der Waals surface area contributed by atoms with Crippen molar-refractivity contribution >= 4 is 51.7 Å². The monoisotopic (exact) mass is 341 g/mol. The van der Waals surface area contributed by atoms with E-state index in [0.717, 1.165) is 0 Å². The zero-order valence-corrected chi connectivity index (χ0v) is 12.5. The molecule has 1 N–H and O–H groups in total. The maximum absolute atomic E-state index is 12.5. The van der Waals surface area contributed by atoms with Gasteiger partial charge in [-0.05, 0) is 30.3 Å². The second-order valence-corrected chi connectivity index (χ2v) is 5.52. The number of nitrogens with one attached hydrogen (secondary N) is 1. The minimum Gasteiger partial charge on any atom is -0.408 e. The number of ketones is 1. The smallest absolute Gasteiger partial charge is 0.408 e. The number of carbonyl (C=O) groups is 1. The molecule has 0 amide bonds. The van der Waals surface area contributed by atoms with Gasteiger partial charge in [0.1, 0.15) is 0 Å². The summed E-state index contributed by atoms with van der Waals surface area (Å²) in [6.45, 7) is 0. The highest BCUT2D eigenvalue weighted by atomic mass is 35.5. The van der Waals surface area contributed by atoms with Crippen LogP contribution in [-0.4, -0.2) is 10.8 Å². The average molecular weight is 343 g/mol. The Morgan fingerprint density at radius 1 is 1.00 bits per heavy atom. The predicted octanol–water partition coefficient (Wildman–Crippen LogP) is 4.31. The normalized spacial score (nSPS) is 11.0. The number of rotatable bonds is 2. The molecule has 3 rings (SSSR count). The average Bonchev–Trinajstić information content (AvgIpc) is 2.79. The largest absolute Gasteiger partial charge is 0.417 e. The minimum absolute atomic E-state index is 0.204. The maximum atomic E-state index is 12.5. The molecule has 0 radical (unpaired) electrons. The van der Waals surface area contributed by atoms with Gasteiger partial charge in [-0.3, -0.25) is 9.78 Å². The third-order valence-electron chi connectivity index (χ3n) is 2.94. The summed E-state index contributed by atoms with van der Waals surface area (Å²) in [5.41, 5.74) is 1.23. The molecule has 0 unspecified atom stereocenters. The number of fused-ring (bicyclic) bond motifs is 1. The number of hydrogen-bond donors (Lipinski definition) is 1. The lowest BCUT2D eigenvalue weighted by Crippen LogP contribution is -2.02. The van der Waals surface area contributed by atoms with Crippen LogP contribution in [0.1, 0.15) is 15.9 Å². The number of H-pyrrole nitrogens is 1. The fourth-order valence-electron chi connectivity index (χ4n) is 1.94. The quantitative estimate of drug-likeness (QED) is 0.706. The topological polar surface area (TPSA) is 63.1 Å². The van der Waals surface area contributed by atoms with Crippen LogP contribution in [0.15, 0.2) is 39.5 Å². The molecule has 1 heterocycles. The molecule has 3 aromatic rings. The Balaban J connectivity index is 2.14. The highest BCUT2D eigenvalue weighted by Crippen LogP contribution is 2.27. The van der Waals surface area contributed by atoms with Crippen LogP contribution in [0.3, 0.4) is 0 Å². The van der Waals surface area contributed by atoms with Crippen LogP contribution in [0.4, 0.5) is 0 Å². The van der Waals surface area contributed by atoms with Gasteiger partial charge < -0.3 is 4.42 Å². The maximum Gasteiger partial charge on any atom is 0.417 e. The van der Waals surface area contributed by atoms with Gasteiger partial charge in [-0.2, -0.15) is 0 Å². The molecule has 0 saturated carbocycles. The third kappa shape index (κ3) is 2.58. The molecular formula is C14H6Cl3NO3. The highest BCUT2D eigenvalue weighted by molar-refractivity contribution is 6.42. The van der Waals surface area contributed by atoms with Gasteiger partial charge in [0.05, 0.1) is 20.6 Å². The Kier molecular flexibility index (Phi) is 3.53. The molecule has 0 bridgehead atoms. The van der Waals surface area contributed by atoms with Gasteiger partial charge in [0.25, 0.3) is 0 Å². The van der Waals surface area contributed by atoms with Crippen molar-refractivity contribution in [2.24, 2.45) is 0 Å². The first-order valence-electron chi connectivity index (χ1n) is 5.78. The van der Waals surface area contributed by atoms with Crippen LogP contribution in [0.5, 0.6) is 0 Å². The molecule has 7 heteroatoms. The first-order valence-corrected chi connectivity index (χ1v) is 6.91. The van der Waals surface area contributed by atoms with Gasteiger partial charge in [0.15, 0.2) is 11.4 Å². The highest BCUT2D eigenvalue weighted by Gasteiger charge is 2.16. The van der Waals surface area contributed by atoms with Crippen LogP contribution >= 0.6 is 34.8 Å². The number of aromatic amines is 1. The van der Waals surface area contributed by atoms with E-state index in [0.29, 0.717) is 16.1 Å². The van der Waals surface area contributed by atoms with Crippen LogP contribution in [0.2, 0.25) is 15.1 Å². The summed E-state index contributed by atoms with van der Waals surface area (Å²) in [4.78, 5) is 26.1. The standard InChI is InChI=1S/C14H6Cl3NO3/c15-8-2-1-6(3-10(8)17)13(19)7-4-12-11(5-9(7)16)18-14(20)21-12/h1-5H,(H,18,20). The van der Waals surface area contributed by atoms with E-state index in [4.69, 9.17) is 39.2 Å². The first-order chi connectivity index (χ1) is 9.95. The molecular weight excluding hydrogens is 337 g/mol. The van der Waals surface area contributed by atoms with Crippen molar-refractivity contribution in [1.29, 1.82) is 0 Å². The second kappa shape index (κ2) is 5.22. The minimum atomic E-state index is -0.611. The predicted molar refractivity (Wildman–Crippen MR) is 81.7 cm³/mol. The van der Waals surface area contributed by atoms with Gasteiger partial charge in [-0.25, -0.2) is 4.79 Å². The number of benzene rings is 2. The molecule has 0 aliphatic carbocycles. The number of oxazole rings is 1. The van der Waals surface area contributed by atoms with E-state index in [1.54, 1.807) is 6.07 Å². The van der Waals surface area contributed by atoms with Gasteiger partial charge in [0, 0.05) is 11.1 Å². The first kappa shape index (κ1) is 14.2. The number of carbonyl (C=O) groups excluding carboxylic acids is 1. The van der Waals surface area contributed by atoms with Crippen molar-refractivity contribution in [2.75, 3.05) is 0 Å². The summed E-state index contributed by atoms with van der Waals surface area (Å²) in [5, 5.41) is 0.829. The zero-order valence-electron chi connectivity index (χ0n) is 10.2. The lowest BCUT2D eigenvalue weighted by molar-refractivity contribution is 0.103. The Hall–Kier alpha value is -1.75. The molecule has 21 heavy (non-hydrogen) atoms. The van der Waals surface area contributed by atoms with E-state index in [9.17, 15) is 9.59 Å². The molecule has 106 valence electrons. The van der Waals surface area contributed by atoms with E-state index in [-0.39, 0.29) is 27.0 Å². The van der Waals surface area contributed by atoms with Crippen LogP contribution < -0.4 is 5.76 Å². The van der Waals surface area contributed by atoms with E-state index in [2.05, 4.69) is 4.98 Å². The lowest BCUT2D eigenvalue weighted by atomic mass is 10.0. The van der Waals surface area contributed by atoms with Crippen molar-refractivity contribution in [1.82, 2.24) is 4.98 Å². The summed E-state index contributed by atoms with van der Waals surface area (Å²) in [5.74, 6) is -0.954. The molecule has 4 nitrogen and oxygen atoms in total. The third-order valence-corrected chi connectivity index (χ3v) is 3.99. The van der Waals surface area contributed by atoms with Crippen molar-refractivity contribution in [2.45, 2.75) is 0 Å². The van der Waals surface area contributed by atoms with Crippen molar-refractivity contribution in [3.05, 3.63) is 67.1 Å². The Morgan fingerprint density at radius 2 is 1.76 bits per heavy atom. The summed E-state index contributed by atoms with van der Waals surface area (Å²) in [7, 11) is 0. The Bertz CT molecular complexity index is 927. The molecule has 0 spiro atoms. The number of aromatic nitrogens is 1. The van der Waals surface area contributed by atoms with Gasteiger partial charge >= 0.3 is 5.76 Å². The van der Waals surface area contributed by atoms with E-state index in [1.807, 2.05) is 0 Å².